The molecule has 108 valence electrons. The van der Waals surface area contributed by atoms with Gasteiger partial charge in [0.2, 0.25) is 0 Å². The lowest BCUT2D eigenvalue weighted by atomic mass is 10.2. The van der Waals surface area contributed by atoms with Crippen LogP contribution in [0.1, 0.15) is 19.8 Å². The minimum absolute atomic E-state index is 0.0229. The molecular formula is C17H15ClO2S. The van der Waals surface area contributed by atoms with E-state index in [1.807, 2.05) is 30.3 Å². The zero-order valence-corrected chi connectivity index (χ0v) is 13.3. The van der Waals surface area contributed by atoms with Crippen LogP contribution in [-0.4, -0.2) is 6.61 Å². The highest BCUT2D eigenvalue weighted by Crippen LogP contribution is 2.35. The van der Waals surface area contributed by atoms with E-state index in [2.05, 4.69) is 6.92 Å². The molecule has 0 N–H and O–H groups in total. The Labute approximate surface area is 131 Å². The van der Waals surface area contributed by atoms with Gasteiger partial charge in [-0.25, -0.2) is 0 Å². The predicted octanol–water partition coefficient (Wildman–Crippen LogP) is 5.25. The fraction of sp³-hybridized carbons (Fsp3) is 0.235. The van der Waals surface area contributed by atoms with Gasteiger partial charge in [-0.3, -0.25) is 4.79 Å². The lowest BCUT2D eigenvalue weighted by molar-refractivity contribution is 0.313. The van der Waals surface area contributed by atoms with Crippen LogP contribution in [0.2, 0.25) is 5.02 Å². The number of hydrogen-bond acceptors (Lipinski definition) is 3. The molecule has 3 aromatic rings. The van der Waals surface area contributed by atoms with E-state index in [9.17, 15) is 4.79 Å². The van der Waals surface area contributed by atoms with Gasteiger partial charge < -0.3 is 4.74 Å². The Morgan fingerprint density at radius 3 is 2.81 bits per heavy atom. The molecule has 21 heavy (non-hydrogen) atoms. The minimum Gasteiger partial charge on any atom is -0.492 e. The molecule has 0 amide bonds. The van der Waals surface area contributed by atoms with E-state index in [0.29, 0.717) is 22.4 Å². The Bertz CT molecular complexity index is 854. The molecule has 1 aromatic heterocycles. The van der Waals surface area contributed by atoms with Crippen LogP contribution in [0.25, 0.3) is 20.2 Å². The Morgan fingerprint density at radius 2 is 2.00 bits per heavy atom. The van der Waals surface area contributed by atoms with Crippen LogP contribution < -0.4 is 10.2 Å². The Kier molecular flexibility index (Phi) is 4.13. The van der Waals surface area contributed by atoms with Crippen molar-refractivity contribution in [3.05, 3.63) is 51.6 Å². The van der Waals surface area contributed by atoms with Gasteiger partial charge in [0.25, 0.3) is 0 Å². The summed E-state index contributed by atoms with van der Waals surface area (Å²) in [5, 5.41) is 1.76. The van der Waals surface area contributed by atoms with Crippen molar-refractivity contribution in [2.75, 3.05) is 6.61 Å². The van der Waals surface area contributed by atoms with Crippen LogP contribution >= 0.6 is 22.9 Å². The summed E-state index contributed by atoms with van der Waals surface area (Å²) in [6.07, 6.45) is 2.07. The van der Waals surface area contributed by atoms with E-state index < -0.39 is 0 Å². The van der Waals surface area contributed by atoms with Gasteiger partial charge in [-0.05, 0) is 30.7 Å². The Balaban J connectivity index is 2.27. The van der Waals surface area contributed by atoms with Crippen LogP contribution in [-0.2, 0) is 0 Å². The van der Waals surface area contributed by atoms with Gasteiger partial charge in [-0.1, -0.05) is 37.1 Å². The zero-order chi connectivity index (χ0) is 14.8. The maximum atomic E-state index is 12.7. The number of fused-ring (bicyclic) bond motifs is 2. The third kappa shape index (κ3) is 2.63. The molecule has 1 heterocycles. The second-order valence-corrected chi connectivity index (χ2v) is 6.34. The Hall–Kier alpha value is -1.58. The fourth-order valence-corrected chi connectivity index (χ4v) is 3.75. The number of benzene rings is 2. The molecule has 0 saturated heterocycles. The maximum absolute atomic E-state index is 12.7. The van der Waals surface area contributed by atoms with E-state index in [4.69, 9.17) is 16.3 Å². The van der Waals surface area contributed by atoms with Crippen LogP contribution in [0.15, 0.2) is 41.2 Å². The zero-order valence-electron chi connectivity index (χ0n) is 11.7. The monoisotopic (exact) mass is 318 g/mol. The lowest BCUT2D eigenvalue weighted by Gasteiger charge is -2.10. The average Bonchev–Trinajstić information content (AvgIpc) is 2.50. The van der Waals surface area contributed by atoms with Crippen molar-refractivity contribution in [2.45, 2.75) is 19.8 Å². The van der Waals surface area contributed by atoms with Crippen molar-refractivity contribution >= 4 is 43.1 Å². The molecule has 0 fully saturated rings. The molecule has 0 spiro atoms. The number of hydrogen-bond donors (Lipinski definition) is 0. The van der Waals surface area contributed by atoms with Crippen LogP contribution in [0, 0.1) is 0 Å². The van der Waals surface area contributed by atoms with Gasteiger partial charge in [-0.2, -0.15) is 0 Å². The first-order valence-electron chi connectivity index (χ1n) is 6.99. The molecule has 0 aliphatic heterocycles. The summed E-state index contributed by atoms with van der Waals surface area (Å²) in [5.74, 6) is 0.746. The Morgan fingerprint density at radius 1 is 1.19 bits per heavy atom. The molecule has 0 atom stereocenters. The van der Waals surface area contributed by atoms with E-state index in [0.717, 1.165) is 28.0 Å². The molecule has 2 aromatic carbocycles. The topological polar surface area (TPSA) is 26.3 Å². The van der Waals surface area contributed by atoms with Crippen molar-refractivity contribution in [1.29, 1.82) is 0 Å². The van der Waals surface area contributed by atoms with Gasteiger partial charge in [0.1, 0.15) is 5.75 Å². The van der Waals surface area contributed by atoms with Crippen LogP contribution in [0.5, 0.6) is 5.75 Å². The molecule has 0 aliphatic rings. The van der Waals surface area contributed by atoms with Crippen molar-refractivity contribution in [3.63, 3.8) is 0 Å². The quantitative estimate of drug-likeness (QED) is 0.485. The largest absolute Gasteiger partial charge is 0.492 e. The molecule has 0 saturated carbocycles. The summed E-state index contributed by atoms with van der Waals surface area (Å²) in [4.78, 5) is 12.7. The highest BCUT2D eigenvalue weighted by atomic mass is 35.5. The molecule has 0 unspecified atom stereocenters. The molecule has 0 bridgehead atoms. The summed E-state index contributed by atoms with van der Waals surface area (Å²) in [7, 11) is 0. The van der Waals surface area contributed by atoms with Crippen molar-refractivity contribution in [2.24, 2.45) is 0 Å². The summed E-state index contributed by atoms with van der Waals surface area (Å²) < 4.78 is 7.62. The van der Waals surface area contributed by atoms with Crippen molar-refractivity contribution in [3.8, 4) is 5.75 Å². The lowest BCUT2D eigenvalue weighted by Crippen LogP contribution is -2.03. The van der Waals surface area contributed by atoms with Gasteiger partial charge in [0.05, 0.1) is 21.7 Å². The fourth-order valence-electron chi connectivity index (χ4n) is 2.28. The third-order valence-corrected chi connectivity index (χ3v) is 4.90. The van der Waals surface area contributed by atoms with E-state index in [-0.39, 0.29) is 5.43 Å². The third-order valence-electron chi connectivity index (χ3n) is 3.40. The summed E-state index contributed by atoms with van der Waals surface area (Å²) in [6.45, 7) is 2.77. The van der Waals surface area contributed by atoms with Crippen LogP contribution in [0.4, 0.5) is 0 Å². The predicted molar refractivity (Wildman–Crippen MR) is 91.0 cm³/mol. The van der Waals surface area contributed by atoms with Gasteiger partial charge in [0.15, 0.2) is 5.43 Å². The minimum atomic E-state index is -0.0229. The van der Waals surface area contributed by atoms with E-state index in [1.54, 1.807) is 17.4 Å². The average molecular weight is 319 g/mol. The normalized spacial score (nSPS) is 11.1. The maximum Gasteiger partial charge on any atom is 0.197 e. The molecule has 0 radical (unpaired) electrons. The van der Waals surface area contributed by atoms with Crippen LogP contribution in [0.3, 0.4) is 0 Å². The molecule has 3 rings (SSSR count). The second-order valence-electron chi connectivity index (χ2n) is 4.88. The number of ether oxygens (including phenoxy) is 1. The first-order valence-corrected chi connectivity index (χ1v) is 8.18. The second kappa shape index (κ2) is 6.04. The van der Waals surface area contributed by atoms with Gasteiger partial charge >= 0.3 is 0 Å². The molecule has 2 nitrogen and oxygen atoms in total. The van der Waals surface area contributed by atoms with Gasteiger partial charge in [-0.15, -0.1) is 11.3 Å². The number of halogens is 1. The number of rotatable bonds is 4. The SMILES string of the molecule is CCCCOc1ccc(Cl)c2c(=O)c3ccccc3sc12. The highest BCUT2D eigenvalue weighted by molar-refractivity contribution is 7.25. The first-order chi connectivity index (χ1) is 10.2. The van der Waals surface area contributed by atoms with Crippen molar-refractivity contribution < 1.29 is 4.74 Å². The first kappa shape index (κ1) is 14.4. The summed E-state index contributed by atoms with van der Waals surface area (Å²) in [5.41, 5.74) is -0.0229. The molecule has 4 heteroatoms. The summed E-state index contributed by atoms with van der Waals surface area (Å²) in [6, 6.07) is 11.2. The van der Waals surface area contributed by atoms with E-state index in [1.165, 1.54) is 0 Å². The number of unbranched alkanes of at least 4 members (excludes halogenated alkanes) is 1. The standard InChI is InChI=1S/C17H15ClO2S/c1-2-3-10-20-13-9-8-12(18)15-16(19)11-6-4-5-7-14(11)21-17(13)15/h4-9H,2-3,10H2,1H3. The van der Waals surface area contributed by atoms with Crippen molar-refractivity contribution in [1.82, 2.24) is 0 Å². The summed E-state index contributed by atoms with van der Waals surface area (Å²) >= 11 is 7.80. The van der Waals surface area contributed by atoms with Gasteiger partial charge in [0, 0.05) is 10.1 Å². The van der Waals surface area contributed by atoms with E-state index >= 15 is 0 Å². The molecule has 0 aliphatic carbocycles. The highest BCUT2D eigenvalue weighted by Gasteiger charge is 2.13. The molecular weight excluding hydrogens is 304 g/mol. The smallest absolute Gasteiger partial charge is 0.197 e.